The zero-order chi connectivity index (χ0) is 22.0. The molecule has 0 unspecified atom stereocenters. The molecule has 0 aliphatic carbocycles. The topological polar surface area (TPSA) is 90.0 Å². The summed E-state index contributed by atoms with van der Waals surface area (Å²) in [5.41, 5.74) is 0.891. The maximum Gasteiger partial charge on any atom is 0.324 e. The maximum atomic E-state index is 13.4. The third-order valence-corrected chi connectivity index (χ3v) is 7.08. The van der Waals surface area contributed by atoms with Gasteiger partial charge in [0.2, 0.25) is 10.0 Å². The van der Waals surface area contributed by atoms with Crippen LogP contribution in [-0.4, -0.2) is 50.8 Å². The molecule has 1 atom stereocenters. The molecule has 1 aliphatic rings. The molecule has 168 valence electrons. The van der Waals surface area contributed by atoms with Gasteiger partial charge in [-0.05, 0) is 63.1 Å². The minimum Gasteiger partial charge on any atom is -0.492 e. The highest BCUT2D eigenvalue weighted by Gasteiger charge is 2.41. The highest BCUT2D eigenvalue weighted by molar-refractivity contribution is 7.89. The summed E-state index contributed by atoms with van der Waals surface area (Å²) >= 11 is 0. The van der Waals surface area contributed by atoms with Crippen LogP contribution >= 0.6 is 0 Å². The number of carbonyl (C=O) groups is 2. The molecule has 0 spiro atoms. The van der Waals surface area contributed by atoms with Crippen molar-refractivity contribution in [1.82, 2.24) is 4.31 Å². The summed E-state index contributed by atoms with van der Waals surface area (Å²) in [6, 6.07) is 4.20. The largest absolute Gasteiger partial charge is 0.492 e. The predicted octanol–water partition coefficient (Wildman–Crippen LogP) is 3.63. The summed E-state index contributed by atoms with van der Waals surface area (Å²) in [6.07, 6.45) is 6.52. The Morgan fingerprint density at radius 1 is 1.20 bits per heavy atom. The Balaban J connectivity index is 2.13. The average molecular weight is 440 g/mol. The SMILES string of the molecule is CCCCOC(=O)[C@@H]1CCCN1S(=O)(=O)c1ccc(C)cc1OCCCCCC=O. The van der Waals surface area contributed by atoms with Crippen LogP contribution in [0.5, 0.6) is 5.75 Å². The zero-order valence-corrected chi connectivity index (χ0v) is 18.8. The van der Waals surface area contributed by atoms with Crippen LogP contribution in [0.3, 0.4) is 0 Å². The number of esters is 1. The third-order valence-electron chi connectivity index (χ3n) is 5.13. The number of aldehydes is 1. The lowest BCUT2D eigenvalue weighted by molar-refractivity contribution is -0.147. The van der Waals surface area contributed by atoms with Crippen molar-refractivity contribution >= 4 is 22.3 Å². The van der Waals surface area contributed by atoms with Crippen molar-refractivity contribution in [3.63, 3.8) is 0 Å². The second kappa shape index (κ2) is 12.1. The first-order valence-electron chi connectivity index (χ1n) is 10.8. The van der Waals surface area contributed by atoms with E-state index < -0.39 is 22.0 Å². The zero-order valence-electron chi connectivity index (χ0n) is 18.0. The predicted molar refractivity (Wildman–Crippen MR) is 114 cm³/mol. The number of unbranched alkanes of at least 4 members (excludes halogenated alkanes) is 4. The average Bonchev–Trinajstić information content (AvgIpc) is 3.21. The van der Waals surface area contributed by atoms with Crippen LogP contribution in [-0.2, 0) is 24.3 Å². The van der Waals surface area contributed by atoms with E-state index in [4.69, 9.17) is 9.47 Å². The number of ether oxygens (including phenoxy) is 2. The van der Waals surface area contributed by atoms with E-state index in [0.29, 0.717) is 38.2 Å². The third kappa shape index (κ3) is 6.54. The molecule has 0 bridgehead atoms. The Morgan fingerprint density at radius 3 is 2.73 bits per heavy atom. The summed E-state index contributed by atoms with van der Waals surface area (Å²) in [5.74, 6) is -0.176. The molecule has 30 heavy (non-hydrogen) atoms. The van der Waals surface area contributed by atoms with Gasteiger partial charge in [-0.2, -0.15) is 4.31 Å². The number of nitrogens with zero attached hydrogens (tertiary/aromatic N) is 1. The summed E-state index contributed by atoms with van der Waals surface area (Å²) < 4.78 is 39.1. The van der Waals surface area contributed by atoms with E-state index in [1.54, 1.807) is 18.2 Å². The van der Waals surface area contributed by atoms with Gasteiger partial charge in [0.05, 0.1) is 13.2 Å². The number of aryl methyl sites for hydroxylation is 1. The lowest BCUT2D eigenvalue weighted by atomic mass is 10.2. The van der Waals surface area contributed by atoms with Gasteiger partial charge in [-0.3, -0.25) is 4.79 Å². The van der Waals surface area contributed by atoms with Crippen LogP contribution in [0.4, 0.5) is 0 Å². The molecule has 1 aromatic rings. The molecule has 8 heteroatoms. The summed E-state index contributed by atoms with van der Waals surface area (Å²) in [5, 5.41) is 0. The Bertz CT molecular complexity index is 808. The molecule has 7 nitrogen and oxygen atoms in total. The molecular formula is C22H33NO6S. The molecule has 1 aromatic carbocycles. The first kappa shape index (κ1) is 24.3. The minimum atomic E-state index is -3.90. The molecular weight excluding hydrogens is 406 g/mol. The van der Waals surface area contributed by atoms with Crippen molar-refractivity contribution in [3.05, 3.63) is 23.8 Å². The lowest BCUT2D eigenvalue weighted by Crippen LogP contribution is -2.41. The van der Waals surface area contributed by atoms with Gasteiger partial charge < -0.3 is 14.3 Å². The summed E-state index contributed by atoms with van der Waals surface area (Å²) in [4.78, 5) is 22.9. The van der Waals surface area contributed by atoms with Crippen molar-refractivity contribution in [3.8, 4) is 5.75 Å². The number of hydrogen-bond donors (Lipinski definition) is 0. The molecule has 1 aliphatic heterocycles. The molecule has 0 amide bonds. The van der Waals surface area contributed by atoms with Crippen LogP contribution in [0.1, 0.15) is 63.9 Å². The van der Waals surface area contributed by atoms with Crippen molar-refractivity contribution in [1.29, 1.82) is 0 Å². The van der Waals surface area contributed by atoms with E-state index in [1.165, 1.54) is 4.31 Å². The highest BCUT2D eigenvalue weighted by atomic mass is 32.2. The van der Waals surface area contributed by atoms with Gasteiger partial charge in [0, 0.05) is 13.0 Å². The van der Waals surface area contributed by atoms with Crippen molar-refractivity contribution in [2.24, 2.45) is 0 Å². The molecule has 0 aromatic heterocycles. The van der Waals surface area contributed by atoms with Gasteiger partial charge >= 0.3 is 5.97 Å². The van der Waals surface area contributed by atoms with E-state index in [9.17, 15) is 18.0 Å². The number of rotatable bonds is 13. The van der Waals surface area contributed by atoms with E-state index in [2.05, 4.69) is 0 Å². The number of hydrogen-bond acceptors (Lipinski definition) is 6. The molecule has 1 saturated heterocycles. The molecule has 0 N–H and O–H groups in total. The van der Waals surface area contributed by atoms with E-state index in [1.807, 2.05) is 13.8 Å². The molecule has 2 rings (SSSR count). The Hall–Kier alpha value is -1.93. The van der Waals surface area contributed by atoms with Gasteiger partial charge in [-0.1, -0.05) is 19.4 Å². The van der Waals surface area contributed by atoms with Crippen LogP contribution in [0, 0.1) is 6.92 Å². The number of carbonyl (C=O) groups excluding carboxylic acids is 2. The highest BCUT2D eigenvalue weighted by Crippen LogP contribution is 2.33. The van der Waals surface area contributed by atoms with E-state index in [0.717, 1.165) is 44.0 Å². The minimum absolute atomic E-state index is 0.0780. The van der Waals surface area contributed by atoms with Crippen molar-refractivity contribution in [2.75, 3.05) is 19.8 Å². The van der Waals surface area contributed by atoms with Gasteiger partial charge in [-0.15, -0.1) is 0 Å². The van der Waals surface area contributed by atoms with Crippen LogP contribution in [0.2, 0.25) is 0 Å². The maximum absolute atomic E-state index is 13.4. The fourth-order valence-corrected chi connectivity index (χ4v) is 5.19. The first-order valence-corrected chi connectivity index (χ1v) is 12.2. The van der Waals surface area contributed by atoms with Gasteiger partial charge in [0.25, 0.3) is 0 Å². The normalized spacial score (nSPS) is 17.1. The van der Waals surface area contributed by atoms with E-state index in [-0.39, 0.29) is 11.4 Å². The van der Waals surface area contributed by atoms with Crippen LogP contribution in [0.25, 0.3) is 0 Å². The Kier molecular flexibility index (Phi) is 9.78. The quantitative estimate of drug-likeness (QED) is 0.265. The number of benzene rings is 1. The van der Waals surface area contributed by atoms with E-state index >= 15 is 0 Å². The second-order valence-electron chi connectivity index (χ2n) is 7.61. The standard InChI is InChI=1S/C22H33NO6S/c1-3-4-15-29-22(25)19-10-9-13-23(19)30(26,27)21-12-11-18(2)17-20(21)28-16-8-6-5-7-14-24/h11-12,14,17,19H,3-10,13,15-16H2,1-2H3/t19-/m0/s1. The monoisotopic (exact) mass is 439 g/mol. The molecule has 0 radical (unpaired) electrons. The smallest absolute Gasteiger partial charge is 0.324 e. The summed E-state index contributed by atoms with van der Waals surface area (Å²) in [7, 11) is -3.90. The van der Waals surface area contributed by atoms with Crippen LogP contribution in [0.15, 0.2) is 23.1 Å². The van der Waals surface area contributed by atoms with Gasteiger partial charge in [0.1, 0.15) is 23.0 Å². The van der Waals surface area contributed by atoms with Gasteiger partial charge in [-0.25, -0.2) is 8.42 Å². The second-order valence-corrected chi connectivity index (χ2v) is 9.47. The lowest BCUT2D eigenvalue weighted by Gasteiger charge is -2.24. The molecule has 1 fully saturated rings. The Labute approximate surface area is 179 Å². The number of sulfonamides is 1. The first-order chi connectivity index (χ1) is 14.4. The molecule has 0 saturated carbocycles. The van der Waals surface area contributed by atoms with Crippen molar-refractivity contribution < 1.29 is 27.5 Å². The fourth-order valence-electron chi connectivity index (χ4n) is 3.43. The Morgan fingerprint density at radius 2 is 2.00 bits per heavy atom. The van der Waals surface area contributed by atoms with Crippen LogP contribution < -0.4 is 4.74 Å². The van der Waals surface area contributed by atoms with Crippen molar-refractivity contribution in [2.45, 2.75) is 76.2 Å². The summed E-state index contributed by atoms with van der Waals surface area (Å²) in [6.45, 7) is 4.84. The molecule has 1 heterocycles. The fraction of sp³-hybridized carbons (Fsp3) is 0.636. The van der Waals surface area contributed by atoms with Gasteiger partial charge in [0.15, 0.2) is 0 Å².